The van der Waals surface area contributed by atoms with Crippen molar-refractivity contribution < 1.29 is 14.3 Å². The van der Waals surface area contributed by atoms with E-state index >= 15 is 0 Å². The molecule has 0 atom stereocenters. The standard InChI is InChI=1S/C16H16N2O3/c1-3-10-21-14-7-4-12(5-8-14)16(19)18-13-6-9-15(20-2)17-11-13/h3-9,11H,1,10H2,2H3,(H,18,19). The molecule has 0 aliphatic rings. The molecule has 108 valence electrons. The van der Waals surface area contributed by atoms with Crippen LogP contribution in [-0.2, 0) is 0 Å². The number of methoxy groups -OCH3 is 1. The Balaban J connectivity index is 2.00. The molecule has 0 saturated heterocycles. The van der Waals surface area contributed by atoms with E-state index in [2.05, 4.69) is 16.9 Å². The van der Waals surface area contributed by atoms with Gasteiger partial charge in [-0.2, -0.15) is 0 Å². The Morgan fingerprint density at radius 2 is 2.05 bits per heavy atom. The average Bonchev–Trinajstić information content (AvgIpc) is 2.54. The summed E-state index contributed by atoms with van der Waals surface area (Å²) in [6, 6.07) is 10.3. The largest absolute Gasteiger partial charge is 0.490 e. The second-order valence-corrected chi connectivity index (χ2v) is 4.17. The smallest absolute Gasteiger partial charge is 0.255 e. The van der Waals surface area contributed by atoms with Crippen LogP contribution in [0.5, 0.6) is 11.6 Å². The van der Waals surface area contributed by atoms with Gasteiger partial charge in [0.05, 0.1) is 19.0 Å². The minimum absolute atomic E-state index is 0.211. The number of ether oxygens (including phenoxy) is 2. The van der Waals surface area contributed by atoms with Crippen LogP contribution in [0.3, 0.4) is 0 Å². The molecule has 5 nitrogen and oxygen atoms in total. The molecule has 0 fully saturated rings. The molecule has 1 N–H and O–H groups in total. The first-order valence-corrected chi connectivity index (χ1v) is 6.38. The molecular formula is C16H16N2O3. The van der Waals surface area contributed by atoms with E-state index in [4.69, 9.17) is 9.47 Å². The highest BCUT2D eigenvalue weighted by Gasteiger charge is 2.06. The number of anilines is 1. The van der Waals surface area contributed by atoms with Crippen molar-refractivity contribution in [3.63, 3.8) is 0 Å². The number of rotatable bonds is 6. The van der Waals surface area contributed by atoms with Gasteiger partial charge in [0.15, 0.2) is 0 Å². The van der Waals surface area contributed by atoms with E-state index in [-0.39, 0.29) is 5.91 Å². The number of aromatic nitrogens is 1. The minimum Gasteiger partial charge on any atom is -0.490 e. The third kappa shape index (κ3) is 4.07. The van der Waals surface area contributed by atoms with Gasteiger partial charge in [-0.25, -0.2) is 4.98 Å². The maximum absolute atomic E-state index is 12.1. The van der Waals surface area contributed by atoms with Crippen LogP contribution in [-0.4, -0.2) is 24.6 Å². The van der Waals surface area contributed by atoms with Crippen LogP contribution in [0.1, 0.15) is 10.4 Å². The van der Waals surface area contributed by atoms with Gasteiger partial charge in [0.2, 0.25) is 5.88 Å². The summed E-state index contributed by atoms with van der Waals surface area (Å²) >= 11 is 0. The predicted octanol–water partition coefficient (Wildman–Crippen LogP) is 2.91. The van der Waals surface area contributed by atoms with E-state index in [0.29, 0.717) is 29.5 Å². The number of hydrogen-bond acceptors (Lipinski definition) is 4. The third-order valence-electron chi connectivity index (χ3n) is 2.69. The van der Waals surface area contributed by atoms with Crippen molar-refractivity contribution >= 4 is 11.6 Å². The Morgan fingerprint density at radius 1 is 1.29 bits per heavy atom. The highest BCUT2D eigenvalue weighted by Crippen LogP contribution is 2.15. The Kier molecular flexibility index (Phi) is 4.93. The zero-order valence-electron chi connectivity index (χ0n) is 11.7. The number of benzene rings is 1. The SMILES string of the molecule is C=CCOc1ccc(C(=O)Nc2ccc(OC)nc2)cc1. The first kappa shape index (κ1) is 14.6. The lowest BCUT2D eigenvalue weighted by atomic mass is 10.2. The van der Waals surface area contributed by atoms with E-state index in [1.165, 1.54) is 13.3 Å². The molecule has 0 unspecified atom stereocenters. The van der Waals surface area contributed by atoms with Gasteiger partial charge in [-0.15, -0.1) is 0 Å². The molecule has 0 aliphatic carbocycles. The number of carbonyl (C=O) groups is 1. The van der Waals surface area contributed by atoms with Crippen LogP contribution in [0.4, 0.5) is 5.69 Å². The molecular weight excluding hydrogens is 268 g/mol. The van der Waals surface area contributed by atoms with Crippen molar-refractivity contribution in [1.82, 2.24) is 4.98 Å². The molecule has 1 aromatic carbocycles. The van der Waals surface area contributed by atoms with Gasteiger partial charge in [-0.3, -0.25) is 4.79 Å². The summed E-state index contributed by atoms with van der Waals surface area (Å²) < 4.78 is 10.3. The summed E-state index contributed by atoms with van der Waals surface area (Å²) in [6.45, 7) is 4.01. The predicted molar refractivity (Wildman–Crippen MR) is 80.9 cm³/mol. The highest BCUT2D eigenvalue weighted by molar-refractivity contribution is 6.04. The van der Waals surface area contributed by atoms with Gasteiger partial charge in [0, 0.05) is 11.6 Å². The summed E-state index contributed by atoms with van der Waals surface area (Å²) in [7, 11) is 1.54. The summed E-state index contributed by atoms with van der Waals surface area (Å²) in [5.41, 5.74) is 1.14. The second kappa shape index (κ2) is 7.09. The van der Waals surface area contributed by atoms with Crippen molar-refractivity contribution in [2.45, 2.75) is 0 Å². The number of nitrogens with zero attached hydrogens (tertiary/aromatic N) is 1. The first-order valence-electron chi connectivity index (χ1n) is 6.38. The van der Waals surface area contributed by atoms with Crippen LogP contribution in [0.15, 0.2) is 55.3 Å². The zero-order valence-corrected chi connectivity index (χ0v) is 11.7. The maximum Gasteiger partial charge on any atom is 0.255 e. The quantitative estimate of drug-likeness (QED) is 0.829. The van der Waals surface area contributed by atoms with Crippen molar-refractivity contribution in [1.29, 1.82) is 0 Å². The minimum atomic E-state index is -0.211. The molecule has 0 radical (unpaired) electrons. The lowest BCUT2D eigenvalue weighted by Gasteiger charge is -2.07. The molecule has 2 aromatic rings. The molecule has 1 heterocycles. The Hall–Kier alpha value is -2.82. The van der Waals surface area contributed by atoms with E-state index < -0.39 is 0 Å². The van der Waals surface area contributed by atoms with Gasteiger partial charge < -0.3 is 14.8 Å². The van der Waals surface area contributed by atoms with E-state index in [9.17, 15) is 4.79 Å². The normalized spacial score (nSPS) is 9.76. The van der Waals surface area contributed by atoms with Gasteiger partial charge >= 0.3 is 0 Å². The molecule has 1 aromatic heterocycles. The first-order chi connectivity index (χ1) is 10.2. The molecule has 1 amide bonds. The molecule has 0 saturated carbocycles. The third-order valence-corrected chi connectivity index (χ3v) is 2.69. The molecule has 2 rings (SSSR count). The van der Waals surface area contributed by atoms with Crippen LogP contribution in [0.25, 0.3) is 0 Å². The van der Waals surface area contributed by atoms with Crippen molar-refractivity contribution in [3.8, 4) is 11.6 Å². The van der Waals surface area contributed by atoms with E-state index in [0.717, 1.165) is 0 Å². The fourth-order valence-corrected chi connectivity index (χ4v) is 1.64. The van der Waals surface area contributed by atoms with Gasteiger partial charge in [-0.05, 0) is 30.3 Å². The zero-order chi connectivity index (χ0) is 15.1. The Labute approximate surface area is 123 Å². The summed E-state index contributed by atoms with van der Waals surface area (Å²) in [5, 5.41) is 2.76. The second-order valence-electron chi connectivity index (χ2n) is 4.17. The molecule has 0 spiro atoms. The topological polar surface area (TPSA) is 60.5 Å². The van der Waals surface area contributed by atoms with Crippen molar-refractivity contribution in [3.05, 3.63) is 60.8 Å². The van der Waals surface area contributed by atoms with Crippen molar-refractivity contribution in [2.24, 2.45) is 0 Å². The fraction of sp³-hybridized carbons (Fsp3) is 0.125. The number of nitrogens with one attached hydrogen (secondary N) is 1. The summed E-state index contributed by atoms with van der Waals surface area (Å²) in [4.78, 5) is 16.1. The monoisotopic (exact) mass is 284 g/mol. The van der Waals surface area contributed by atoms with Gasteiger partial charge in [0.25, 0.3) is 5.91 Å². The fourth-order valence-electron chi connectivity index (χ4n) is 1.64. The summed E-state index contributed by atoms with van der Waals surface area (Å²) in [5.74, 6) is 0.978. The molecule has 21 heavy (non-hydrogen) atoms. The molecule has 0 aliphatic heterocycles. The van der Waals surface area contributed by atoms with Crippen LogP contribution in [0.2, 0.25) is 0 Å². The number of pyridine rings is 1. The lowest BCUT2D eigenvalue weighted by Crippen LogP contribution is -2.12. The van der Waals surface area contributed by atoms with Crippen molar-refractivity contribution in [2.75, 3.05) is 19.0 Å². The lowest BCUT2D eigenvalue weighted by molar-refractivity contribution is 0.102. The maximum atomic E-state index is 12.1. The van der Waals surface area contributed by atoms with E-state index in [1.54, 1.807) is 42.5 Å². The number of carbonyl (C=O) groups excluding carboxylic acids is 1. The molecule has 5 heteroatoms. The number of amides is 1. The Morgan fingerprint density at radius 3 is 2.62 bits per heavy atom. The van der Waals surface area contributed by atoms with E-state index in [1.807, 2.05) is 0 Å². The van der Waals surface area contributed by atoms with Gasteiger partial charge in [0.1, 0.15) is 12.4 Å². The number of hydrogen-bond donors (Lipinski definition) is 1. The Bertz CT molecular complexity index is 606. The van der Waals surface area contributed by atoms with Crippen LogP contribution in [0, 0.1) is 0 Å². The van der Waals surface area contributed by atoms with Crippen LogP contribution < -0.4 is 14.8 Å². The van der Waals surface area contributed by atoms with Crippen LogP contribution >= 0.6 is 0 Å². The average molecular weight is 284 g/mol. The molecule has 0 bridgehead atoms. The van der Waals surface area contributed by atoms with Gasteiger partial charge in [-0.1, -0.05) is 12.7 Å². The highest BCUT2D eigenvalue weighted by atomic mass is 16.5. The summed E-state index contributed by atoms with van der Waals surface area (Å²) in [6.07, 6.45) is 3.20.